The van der Waals surface area contributed by atoms with Crippen molar-refractivity contribution in [2.75, 3.05) is 16.9 Å². The van der Waals surface area contributed by atoms with Crippen molar-refractivity contribution in [1.29, 1.82) is 0 Å². The molecule has 2 N–H and O–H groups in total. The number of hydrogen-bond acceptors (Lipinski definition) is 6. The summed E-state index contributed by atoms with van der Waals surface area (Å²) in [7, 11) is -0.697. The van der Waals surface area contributed by atoms with Crippen LogP contribution in [-0.2, 0) is 14.1 Å². The Kier molecular flexibility index (Phi) is 5.46. The van der Waals surface area contributed by atoms with E-state index in [1.54, 1.807) is 11.1 Å². The van der Waals surface area contributed by atoms with E-state index in [0.29, 0.717) is 18.4 Å². The summed E-state index contributed by atoms with van der Waals surface area (Å²) >= 11 is 0. The molecule has 1 amide bonds. The Morgan fingerprint density at radius 2 is 1.79 bits per heavy atom. The summed E-state index contributed by atoms with van der Waals surface area (Å²) in [5.41, 5.74) is 1.30. The minimum atomic E-state index is -1.15. The third kappa shape index (κ3) is 3.68. The Morgan fingerprint density at radius 3 is 2.44 bits per heavy atom. The van der Waals surface area contributed by atoms with Crippen molar-refractivity contribution < 1.29 is 23.6 Å². The zero-order valence-electron chi connectivity index (χ0n) is 19.8. The monoisotopic (exact) mass is 465 g/mol. The molecule has 0 spiro atoms. The molecular formula is C25H29BFN3O4. The van der Waals surface area contributed by atoms with E-state index in [0.717, 1.165) is 17.8 Å². The molecular weight excluding hydrogens is 436 g/mol. The lowest BCUT2D eigenvalue weighted by molar-refractivity contribution is -0.113. The molecule has 3 aliphatic heterocycles. The number of anilines is 2. The van der Waals surface area contributed by atoms with E-state index < -0.39 is 36.3 Å². The number of rotatable bonds is 4. The molecule has 5 rings (SSSR count). The van der Waals surface area contributed by atoms with Crippen LogP contribution in [0.25, 0.3) is 0 Å². The second-order valence-corrected chi connectivity index (χ2v) is 9.92. The highest BCUT2D eigenvalue weighted by Gasteiger charge is 2.52. The number of nitrogens with one attached hydrogen (secondary N) is 1. The summed E-state index contributed by atoms with van der Waals surface area (Å²) in [6, 6.07) is 13.9. The summed E-state index contributed by atoms with van der Waals surface area (Å²) in [6.07, 6.45) is 0.399. The van der Waals surface area contributed by atoms with Gasteiger partial charge in [0.1, 0.15) is 5.82 Å². The summed E-state index contributed by atoms with van der Waals surface area (Å²) in [4.78, 5) is 13.2. The molecule has 0 saturated carbocycles. The minimum absolute atomic E-state index is 0.0354. The van der Waals surface area contributed by atoms with Crippen LogP contribution in [0.3, 0.4) is 0 Å². The molecule has 3 heterocycles. The van der Waals surface area contributed by atoms with Crippen molar-refractivity contribution >= 4 is 29.9 Å². The van der Waals surface area contributed by atoms with Crippen LogP contribution in [0.1, 0.15) is 40.5 Å². The van der Waals surface area contributed by atoms with Gasteiger partial charge < -0.3 is 19.7 Å². The molecule has 2 fully saturated rings. The number of carbonyl (C=O) groups excluding carboxylic acids is 1. The number of hydrogen-bond donors (Lipinski definition) is 2. The van der Waals surface area contributed by atoms with Crippen LogP contribution in [0.2, 0.25) is 0 Å². The number of carbonyl (C=O) groups is 1. The van der Waals surface area contributed by atoms with Gasteiger partial charge in [-0.3, -0.25) is 14.8 Å². The molecule has 2 aromatic carbocycles. The second-order valence-electron chi connectivity index (χ2n) is 9.92. The molecule has 34 heavy (non-hydrogen) atoms. The molecule has 0 bridgehead atoms. The van der Waals surface area contributed by atoms with Crippen molar-refractivity contribution in [3.8, 4) is 0 Å². The lowest BCUT2D eigenvalue weighted by Crippen LogP contribution is -2.42. The topological polar surface area (TPSA) is 74.3 Å². The third-order valence-electron chi connectivity index (χ3n) is 7.19. The fourth-order valence-electron chi connectivity index (χ4n) is 4.63. The van der Waals surface area contributed by atoms with Crippen molar-refractivity contribution in [2.24, 2.45) is 0 Å². The van der Waals surface area contributed by atoms with Crippen LogP contribution in [0, 0.1) is 5.82 Å². The van der Waals surface area contributed by atoms with Crippen molar-refractivity contribution in [2.45, 2.75) is 58.0 Å². The number of allylic oxidation sites excluding steroid dienone is 1. The van der Waals surface area contributed by atoms with Crippen LogP contribution in [-0.4, -0.2) is 47.1 Å². The van der Waals surface area contributed by atoms with Gasteiger partial charge in [0.2, 0.25) is 0 Å². The van der Waals surface area contributed by atoms with Gasteiger partial charge in [0.15, 0.2) is 6.23 Å². The van der Waals surface area contributed by atoms with Gasteiger partial charge >= 0.3 is 7.12 Å². The van der Waals surface area contributed by atoms with Gasteiger partial charge in [0, 0.05) is 12.2 Å². The second kappa shape index (κ2) is 8.11. The number of benzene rings is 2. The Labute approximate surface area is 199 Å². The number of aliphatic hydroxyl groups excluding tert-OH is 1. The van der Waals surface area contributed by atoms with Crippen molar-refractivity contribution in [3.05, 3.63) is 65.6 Å². The third-order valence-corrected chi connectivity index (χ3v) is 7.19. The maximum Gasteiger partial charge on any atom is 0.494 e. The maximum atomic E-state index is 15.0. The van der Waals surface area contributed by atoms with Crippen molar-refractivity contribution in [1.82, 2.24) is 5.01 Å². The molecule has 7 nitrogen and oxygen atoms in total. The van der Waals surface area contributed by atoms with E-state index in [4.69, 9.17) is 9.31 Å². The van der Waals surface area contributed by atoms with E-state index in [2.05, 4.69) is 5.32 Å². The zero-order valence-corrected chi connectivity index (χ0v) is 19.8. The Morgan fingerprint density at radius 1 is 1.12 bits per heavy atom. The average Bonchev–Trinajstić information content (AvgIpc) is 3.40. The normalized spacial score (nSPS) is 23.0. The lowest BCUT2D eigenvalue weighted by atomic mass is 9.79. The Bertz CT molecular complexity index is 1140. The fraction of sp³-hybridized carbons (Fsp3) is 0.400. The Hall–Kier alpha value is -2.88. The molecule has 178 valence electrons. The van der Waals surface area contributed by atoms with Crippen LogP contribution >= 0.6 is 0 Å². The van der Waals surface area contributed by atoms with Crippen molar-refractivity contribution in [3.63, 3.8) is 0 Å². The zero-order chi connectivity index (χ0) is 24.3. The smallest absolute Gasteiger partial charge is 0.399 e. The predicted molar refractivity (Wildman–Crippen MR) is 129 cm³/mol. The average molecular weight is 465 g/mol. The van der Waals surface area contributed by atoms with E-state index in [9.17, 15) is 9.90 Å². The van der Waals surface area contributed by atoms with Crippen LogP contribution in [0.4, 0.5) is 15.8 Å². The first-order chi connectivity index (χ1) is 16.1. The maximum absolute atomic E-state index is 15.0. The number of para-hydroxylation sites is 1. The molecule has 3 aliphatic rings. The standard InChI is InChI=1S/C25H29BFN3O4/c1-24(2)25(3,4)34-26(33-24)16-12-13-19(18(27)15-16)28-22(31)21-20-11-8-14-29(20)30(23(21)32)17-9-6-5-7-10-17/h5-7,9-10,12-13,15,23,32H,8,11,14H2,1-4H3,(H,28,31). The van der Waals surface area contributed by atoms with E-state index in [1.165, 1.54) is 12.1 Å². The number of halogens is 1. The molecule has 0 aliphatic carbocycles. The first kappa shape index (κ1) is 22.9. The Balaban J connectivity index is 1.36. The molecule has 1 atom stereocenters. The largest absolute Gasteiger partial charge is 0.494 e. The van der Waals surface area contributed by atoms with E-state index >= 15 is 4.39 Å². The first-order valence-electron chi connectivity index (χ1n) is 11.6. The molecule has 0 aromatic heterocycles. The van der Waals surface area contributed by atoms with Gasteiger partial charge in [-0.15, -0.1) is 0 Å². The molecule has 9 heteroatoms. The minimum Gasteiger partial charge on any atom is -0.399 e. The van der Waals surface area contributed by atoms with Crippen LogP contribution < -0.4 is 15.8 Å². The van der Waals surface area contributed by atoms with Gasteiger partial charge in [-0.25, -0.2) is 4.39 Å². The molecule has 2 saturated heterocycles. The van der Waals surface area contributed by atoms with Gasteiger partial charge in [0.25, 0.3) is 5.91 Å². The highest BCUT2D eigenvalue weighted by atomic mass is 19.1. The van der Waals surface area contributed by atoms with Gasteiger partial charge in [0.05, 0.1) is 28.1 Å². The summed E-state index contributed by atoms with van der Waals surface area (Å²) in [5.74, 6) is -1.11. The highest BCUT2D eigenvalue weighted by molar-refractivity contribution is 6.62. The lowest BCUT2D eigenvalue weighted by Gasteiger charge is -2.32. The molecule has 0 radical (unpaired) electrons. The summed E-state index contributed by atoms with van der Waals surface area (Å²) in [6.45, 7) is 8.44. The first-order valence-corrected chi connectivity index (χ1v) is 11.6. The number of aliphatic hydroxyl groups is 1. The number of amides is 1. The highest BCUT2D eigenvalue weighted by Crippen LogP contribution is 2.39. The fourth-order valence-corrected chi connectivity index (χ4v) is 4.63. The van der Waals surface area contributed by atoms with Crippen LogP contribution in [0.5, 0.6) is 0 Å². The molecule has 1 unspecified atom stereocenters. The van der Waals surface area contributed by atoms with Crippen LogP contribution in [0.15, 0.2) is 59.8 Å². The van der Waals surface area contributed by atoms with Gasteiger partial charge in [-0.2, -0.15) is 0 Å². The summed E-state index contributed by atoms with van der Waals surface area (Å²) in [5, 5.41) is 17.4. The molecule has 2 aromatic rings. The summed E-state index contributed by atoms with van der Waals surface area (Å²) < 4.78 is 27.0. The number of fused-ring (bicyclic) bond motifs is 1. The van der Waals surface area contributed by atoms with E-state index in [1.807, 2.05) is 63.0 Å². The number of hydrazine groups is 1. The van der Waals surface area contributed by atoms with E-state index in [-0.39, 0.29) is 11.3 Å². The SMILES string of the molecule is CC1(C)OB(c2ccc(NC(=O)C3=C4CCCN4N(c4ccccc4)C3O)c(F)c2)OC1(C)C. The van der Waals surface area contributed by atoms with Gasteiger partial charge in [-0.1, -0.05) is 24.3 Å². The van der Waals surface area contributed by atoms with Gasteiger partial charge in [-0.05, 0) is 70.3 Å². The predicted octanol–water partition coefficient (Wildman–Crippen LogP) is 3.17. The number of nitrogens with zero attached hydrogens (tertiary/aromatic N) is 2. The quantitative estimate of drug-likeness (QED) is 0.676.